The number of halogens is 3. The van der Waals surface area contributed by atoms with Gasteiger partial charge in [-0.15, -0.1) is 0 Å². The van der Waals surface area contributed by atoms with E-state index in [9.17, 15) is 18.0 Å². The first-order chi connectivity index (χ1) is 13.6. The van der Waals surface area contributed by atoms with E-state index in [1.54, 1.807) is 0 Å². The summed E-state index contributed by atoms with van der Waals surface area (Å²) >= 11 is 0. The van der Waals surface area contributed by atoms with Crippen LogP contribution in [0.3, 0.4) is 0 Å². The fourth-order valence-corrected chi connectivity index (χ4v) is 3.28. The zero-order chi connectivity index (χ0) is 21.4. The Morgan fingerprint density at radius 2 is 2.07 bits per heavy atom. The van der Waals surface area contributed by atoms with Crippen LogP contribution in [-0.4, -0.2) is 28.4 Å². The number of aromatic nitrogens is 1. The van der Waals surface area contributed by atoms with Gasteiger partial charge in [0.05, 0.1) is 5.56 Å². The van der Waals surface area contributed by atoms with Crippen LogP contribution in [0.5, 0.6) is 0 Å². The first-order valence-corrected chi connectivity index (χ1v) is 8.94. The van der Waals surface area contributed by atoms with E-state index in [1.807, 2.05) is 6.07 Å². The molecule has 3 rings (SSSR count). The van der Waals surface area contributed by atoms with Gasteiger partial charge in [0.25, 0.3) is 0 Å². The monoisotopic (exact) mass is 400 g/mol. The van der Waals surface area contributed by atoms with Gasteiger partial charge in [0.1, 0.15) is 35.1 Å². The van der Waals surface area contributed by atoms with Crippen molar-refractivity contribution in [3.63, 3.8) is 0 Å². The quantitative estimate of drug-likeness (QED) is 0.795. The Balaban J connectivity index is 1.93. The molecule has 2 N–H and O–H groups in total. The van der Waals surface area contributed by atoms with Crippen LogP contribution >= 0.6 is 0 Å². The van der Waals surface area contributed by atoms with Crippen molar-refractivity contribution in [2.24, 2.45) is 10.7 Å². The minimum atomic E-state index is -2.11. The lowest BCUT2D eigenvalue weighted by Gasteiger charge is -2.39. The molecule has 8 heteroatoms. The van der Waals surface area contributed by atoms with Gasteiger partial charge in [-0.3, -0.25) is 14.8 Å². The third-order valence-electron chi connectivity index (χ3n) is 5.18. The van der Waals surface area contributed by atoms with Crippen LogP contribution in [0, 0.1) is 17.1 Å². The van der Waals surface area contributed by atoms with Gasteiger partial charge in [-0.1, -0.05) is 6.07 Å². The molecule has 0 saturated heterocycles. The van der Waals surface area contributed by atoms with Crippen LogP contribution in [0.15, 0.2) is 41.5 Å². The Bertz CT molecular complexity index is 1030. The van der Waals surface area contributed by atoms with Gasteiger partial charge in [-0.05, 0) is 43.7 Å². The Morgan fingerprint density at radius 3 is 2.69 bits per heavy atom. The van der Waals surface area contributed by atoms with E-state index < -0.39 is 35.5 Å². The van der Waals surface area contributed by atoms with Crippen molar-refractivity contribution in [1.29, 1.82) is 5.26 Å². The third kappa shape index (κ3) is 3.86. The molecule has 0 amide bonds. The van der Waals surface area contributed by atoms with E-state index in [-0.39, 0.29) is 23.5 Å². The van der Waals surface area contributed by atoms with Gasteiger partial charge >= 0.3 is 0 Å². The molecular weight excluding hydrogens is 381 g/mol. The number of carbonyl (C=O) groups is 1. The molecule has 1 aliphatic heterocycles. The smallest absolute Gasteiger partial charge is 0.185 e. The first-order valence-electron chi connectivity index (χ1n) is 8.94. The number of amidine groups is 1. The standard InChI is InChI=1S/C21H19F3N4O/c1-20(24)9-18(23)21(2,28-19(20)26)14-7-12(3-5-15(14)22)8-17(29)16-6-4-13(10-25)11-27-16/h3-7,11,18H,8-9H2,1-2H3,(H2,26,28)/t18-,20+,21+/m0/s1. The van der Waals surface area contributed by atoms with Crippen molar-refractivity contribution in [2.45, 2.75) is 44.1 Å². The van der Waals surface area contributed by atoms with Gasteiger partial charge in [-0.2, -0.15) is 5.26 Å². The van der Waals surface area contributed by atoms with Crippen LogP contribution < -0.4 is 5.73 Å². The zero-order valence-electron chi connectivity index (χ0n) is 15.9. The second kappa shape index (κ2) is 7.32. The number of nitrogens with two attached hydrogens (primary N) is 1. The molecule has 1 aliphatic rings. The maximum absolute atomic E-state index is 14.8. The maximum atomic E-state index is 14.8. The summed E-state index contributed by atoms with van der Waals surface area (Å²) in [6, 6.07) is 8.69. The predicted octanol–water partition coefficient (Wildman–Crippen LogP) is 3.56. The normalized spacial score (nSPS) is 26.5. The van der Waals surface area contributed by atoms with Gasteiger partial charge < -0.3 is 5.73 Å². The summed E-state index contributed by atoms with van der Waals surface area (Å²) in [6.45, 7) is 2.49. The first kappa shape index (κ1) is 20.5. The predicted molar refractivity (Wildman–Crippen MR) is 101 cm³/mol. The highest BCUT2D eigenvalue weighted by Gasteiger charge is 2.49. The molecule has 2 aromatic rings. The summed E-state index contributed by atoms with van der Waals surface area (Å²) in [4.78, 5) is 20.4. The van der Waals surface area contributed by atoms with E-state index in [1.165, 1.54) is 37.4 Å². The number of alkyl halides is 2. The van der Waals surface area contributed by atoms with Gasteiger partial charge in [0.15, 0.2) is 11.5 Å². The molecule has 3 atom stereocenters. The fraction of sp³-hybridized carbons (Fsp3) is 0.333. The molecular formula is C21H19F3N4O. The van der Waals surface area contributed by atoms with Crippen molar-refractivity contribution in [3.05, 3.63) is 64.7 Å². The van der Waals surface area contributed by atoms with Crippen molar-refractivity contribution in [1.82, 2.24) is 4.98 Å². The minimum Gasteiger partial charge on any atom is -0.385 e. The lowest BCUT2D eigenvalue weighted by Crippen LogP contribution is -2.51. The number of hydrogen-bond acceptors (Lipinski definition) is 5. The highest BCUT2D eigenvalue weighted by molar-refractivity contribution is 5.95. The van der Waals surface area contributed by atoms with Crippen molar-refractivity contribution >= 4 is 11.6 Å². The molecule has 0 fully saturated rings. The average molecular weight is 400 g/mol. The number of nitriles is 1. The van der Waals surface area contributed by atoms with Crippen LogP contribution in [0.25, 0.3) is 0 Å². The van der Waals surface area contributed by atoms with Crippen LogP contribution in [-0.2, 0) is 12.0 Å². The van der Waals surface area contributed by atoms with Gasteiger partial charge in [0.2, 0.25) is 0 Å². The Hall–Kier alpha value is -3.21. The number of pyridine rings is 1. The summed E-state index contributed by atoms with van der Waals surface area (Å²) in [6.07, 6.45) is -1.17. The Morgan fingerprint density at radius 1 is 1.34 bits per heavy atom. The van der Waals surface area contributed by atoms with Crippen LogP contribution in [0.4, 0.5) is 13.2 Å². The number of ketones is 1. The van der Waals surface area contributed by atoms with E-state index >= 15 is 0 Å². The van der Waals surface area contributed by atoms with Crippen molar-refractivity contribution in [2.75, 3.05) is 0 Å². The van der Waals surface area contributed by atoms with Crippen molar-refractivity contribution in [3.8, 4) is 6.07 Å². The number of hydrogen-bond donors (Lipinski definition) is 1. The van der Waals surface area contributed by atoms with E-state index in [0.717, 1.165) is 13.0 Å². The molecule has 0 aliphatic carbocycles. The molecule has 150 valence electrons. The summed E-state index contributed by atoms with van der Waals surface area (Å²) in [5.74, 6) is -1.46. The molecule has 0 bridgehead atoms. The van der Waals surface area contributed by atoms with Gasteiger partial charge in [0, 0.05) is 24.6 Å². The summed E-state index contributed by atoms with van der Waals surface area (Å²) in [7, 11) is 0. The Labute approximate surface area is 166 Å². The van der Waals surface area contributed by atoms with E-state index in [0.29, 0.717) is 11.1 Å². The highest BCUT2D eigenvalue weighted by atomic mass is 19.2. The highest BCUT2D eigenvalue weighted by Crippen LogP contribution is 2.42. The number of Topliss-reactive ketones (excluding diaryl/α,β-unsaturated/α-hetero) is 1. The maximum Gasteiger partial charge on any atom is 0.185 e. The van der Waals surface area contributed by atoms with E-state index in [4.69, 9.17) is 11.0 Å². The molecule has 29 heavy (non-hydrogen) atoms. The molecule has 2 heterocycles. The zero-order valence-corrected chi connectivity index (χ0v) is 15.9. The number of aliphatic imine (C=N–C) groups is 1. The fourth-order valence-electron chi connectivity index (χ4n) is 3.28. The number of rotatable bonds is 4. The number of benzene rings is 1. The SMILES string of the molecule is C[C@@]1(F)C[C@H](F)[C@@](C)(c2cc(CC(=O)c3ccc(C#N)cn3)ccc2F)N=C1N. The van der Waals surface area contributed by atoms with Crippen molar-refractivity contribution < 1.29 is 18.0 Å². The summed E-state index contributed by atoms with van der Waals surface area (Å²) in [5, 5.41) is 8.80. The largest absolute Gasteiger partial charge is 0.385 e. The average Bonchev–Trinajstić information content (AvgIpc) is 2.67. The number of carbonyl (C=O) groups excluding carboxylic acids is 1. The number of nitrogens with zero attached hydrogens (tertiary/aromatic N) is 3. The molecule has 1 aromatic heterocycles. The second-order valence-corrected chi connectivity index (χ2v) is 7.47. The summed E-state index contributed by atoms with van der Waals surface area (Å²) in [5.41, 5.74) is 2.65. The van der Waals surface area contributed by atoms with Crippen LogP contribution in [0.2, 0.25) is 0 Å². The van der Waals surface area contributed by atoms with Gasteiger partial charge in [-0.25, -0.2) is 13.2 Å². The topological polar surface area (TPSA) is 92.1 Å². The second-order valence-electron chi connectivity index (χ2n) is 7.47. The molecule has 0 unspecified atom stereocenters. The van der Waals surface area contributed by atoms with E-state index in [2.05, 4.69) is 9.98 Å². The molecule has 5 nitrogen and oxygen atoms in total. The van der Waals surface area contributed by atoms with Crippen LogP contribution in [0.1, 0.15) is 47.4 Å². The lowest BCUT2D eigenvalue weighted by molar-refractivity contribution is 0.0988. The molecule has 0 spiro atoms. The lowest BCUT2D eigenvalue weighted by atomic mass is 9.78. The molecule has 0 radical (unpaired) electrons. The summed E-state index contributed by atoms with van der Waals surface area (Å²) < 4.78 is 43.7. The third-order valence-corrected chi connectivity index (χ3v) is 5.18. The molecule has 1 aromatic carbocycles. The minimum absolute atomic E-state index is 0.0958. The molecule has 0 saturated carbocycles. The Kier molecular flexibility index (Phi) is 5.18.